The molecule has 1 N–H and O–H groups in total. The minimum Gasteiger partial charge on any atom is -0.330 e. The lowest BCUT2D eigenvalue weighted by atomic mass is 10.2. The standard InChI is InChI=1S/C32H24ClN3O2S2/c33-24-17-14-23(15-18-24)20-29-32(38)36(31(40-29)19-16-22-8-2-1-3-9-22)34-30(37)21-35-25-10-4-6-12-27(25)39-28-13-7-5-11-26(28)35/h1-20,31H,21H2,(H,34,37)/b19-16+,29-20-. The van der Waals surface area contributed by atoms with Gasteiger partial charge in [-0.15, -0.1) is 0 Å². The SMILES string of the molecule is O=C(CN1c2ccccc2Sc2ccccc21)NN1C(=O)/C(=C/c2ccc(Cl)cc2)SC1/C=C/c1ccccc1. The van der Waals surface area contributed by atoms with E-state index in [1.165, 1.54) is 16.8 Å². The molecule has 2 amide bonds. The molecular formula is C32H24ClN3O2S2. The molecule has 0 spiro atoms. The Morgan fingerprint density at radius 3 is 2.12 bits per heavy atom. The third-order valence-corrected chi connectivity index (χ3v) is 8.97. The van der Waals surface area contributed by atoms with Crippen molar-refractivity contribution in [2.75, 3.05) is 11.4 Å². The maximum Gasteiger partial charge on any atom is 0.280 e. The summed E-state index contributed by atoms with van der Waals surface area (Å²) < 4.78 is 0. The van der Waals surface area contributed by atoms with E-state index in [0.717, 1.165) is 32.3 Å². The fourth-order valence-electron chi connectivity index (χ4n) is 4.54. The van der Waals surface area contributed by atoms with Crippen LogP contribution in [0.15, 0.2) is 124 Å². The monoisotopic (exact) mass is 581 g/mol. The Morgan fingerprint density at radius 2 is 1.45 bits per heavy atom. The number of carbonyl (C=O) groups excluding carboxylic acids is 2. The second-order valence-electron chi connectivity index (χ2n) is 9.17. The Balaban J connectivity index is 1.27. The van der Waals surface area contributed by atoms with Crippen molar-refractivity contribution in [3.05, 3.63) is 130 Å². The van der Waals surface area contributed by atoms with Crippen LogP contribution in [0.25, 0.3) is 12.2 Å². The lowest BCUT2D eigenvalue weighted by Gasteiger charge is -2.33. The highest BCUT2D eigenvalue weighted by Gasteiger charge is 2.36. The highest BCUT2D eigenvalue weighted by molar-refractivity contribution is 8.05. The number of hydrogen-bond donors (Lipinski definition) is 1. The number of rotatable bonds is 6. The van der Waals surface area contributed by atoms with Gasteiger partial charge in [0, 0.05) is 14.8 Å². The van der Waals surface area contributed by atoms with Crippen LogP contribution in [0.1, 0.15) is 11.1 Å². The first-order valence-electron chi connectivity index (χ1n) is 12.7. The van der Waals surface area contributed by atoms with E-state index in [9.17, 15) is 9.59 Å². The molecule has 2 aliphatic rings. The zero-order valence-corrected chi connectivity index (χ0v) is 23.6. The van der Waals surface area contributed by atoms with Crippen LogP contribution < -0.4 is 10.3 Å². The second-order valence-corrected chi connectivity index (χ2v) is 11.9. The van der Waals surface area contributed by atoms with Crippen molar-refractivity contribution in [1.82, 2.24) is 10.4 Å². The van der Waals surface area contributed by atoms with Gasteiger partial charge in [-0.05, 0) is 59.7 Å². The first kappa shape index (κ1) is 26.3. The van der Waals surface area contributed by atoms with Gasteiger partial charge in [0.05, 0.1) is 16.3 Å². The minimum absolute atomic E-state index is 0.0639. The first-order valence-corrected chi connectivity index (χ1v) is 14.8. The predicted octanol–water partition coefficient (Wildman–Crippen LogP) is 7.63. The number of hydrogen-bond acceptors (Lipinski definition) is 5. The van der Waals surface area contributed by atoms with E-state index in [2.05, 4.69) is 17.6 Å². The van der Waals surface area contributed by atoms with Crippen molar-refractivity contribution < 1.29 is 9.59 Å². The summed E-state index contributed by atoms with van der Waals surface area (Å²) in [7, 11) is 0. The fraction of sp³-hybridized carbons (Fsp3) is 0.0625. The van der Waals surface area contributed by atoms with Crippen LogP contribution in [0.2, 0.25) is 5.02 Å². The molecule has 4 aromatic rings. The van der Waals surface area contributed by atoms with Crippen LogP contribution in [-0.4, -0.2) is 28.7 Å². The van der Waals surface area contributed by atoms with Gasteiger partial charge in [0.25, 0.3) is 11.8 Å². The summed E-state index contributed by atoms with van der Waals surface area (Å²) in [5.74, 6) is -0.540. The molecular weight excluding hydrogens is 558 g/mol. The Morgan fingerprint density at radius 1 is 0.825 bits per heavy atom. The van der Waals surface area contributed by atoms with Crippen molar-refractivity contribution in [2.24, 2.45) is 0 Å². The number of benzene rings is 4. The van der Waals surface area contributed by atoms with Crippen LogP contribution in [-0.2, 0) is 9.59 Å². The van der Waals surface area contributed by atoms with Crippen molar-refractivity contribution >= 4 is 70.5 Å². The summed E-state index contributed by atoms with van der Waals surface area (Å²) in [4.78, 5) is 31.8. The summed E-state index contributed by atoms with van der Waals surface area (Å²) >= 11 is 9.12. The Hall–Kier alpha value is -3.91. The van der Waals surface area contributed by atoms with Gasteiger partial charge in [0.2, 0.25) is 0 Å². The smallest absolute Gasteiger partial charge is 0.280 e. The number of fused-ring (bicyclic) bond motifs is 2. The summed E-state index contributed by atoms with van der Waals surface area (Å²) in [6.45, 7) is 0.0639. The summed E-state index contributed by atoms with van der Waals surface area (Å²) in [5, 5.41) is 1.64. The average molecular weight is 582 g/mol. The largest absolute Gasteiger partial charge is 0.330 e. The number of hydrazine groups is 1. The van der Waals surface area contributed by atoms with E-state index < -0.39 is 5.37 Å². The minimum atomic E-state index is -0.410. The second kappa shape index (κ2) is 11.7. The number of thioether (sulfide) groups is 1. The molecule has 2 heterocycles. The number of nitrogens with one attached hydrogen (secondary N) is 1. The van der Waals surface area contributed by atoms with Gasteiger partial charge in [-0.2, -0.15) is 0 Å². The molecule has 0 radical (unpaired) electrons. The highest BCUT2D eigenvalue weighted by Crippen LogP contribution is 2.47. The average Bonchev–Trinajstić information content (AvgIpc) is 3.26. The van der Waals surface area contributed by atoms with Crippen LogP contribution in [0.3, 0.4) is 0 Å². The normalized spacial score (nSPS) is 17.3. The van der Waals surface area contributed by atoms with Gasteiger partial charge < -0.3 is 4.90 Å². The quantitative estimate of drug-likeness (QED) is 0.237. The Bertz CT molecular complexity index is 1580. The van der Waals surface area contributed by atoms with Crippen LogP contribution in [0, 0.1) is 0 Å². The summed E-state index contributed by atoms with van der Waals surface area (Å²) in [5.41, 5.74) is 6.71. The lowest BCUT2D eigenvalue weighted by Crippen LogP contribution is -2.49. The molecule has 2 aliphatic heterocycles. The molecule has 4 aromatic carbocycles. The van der Waals surface area contributed by atoms with Crippen LogP contribution >= 0.6 is 35.1 Å². The van der Waals surface area contributed by atoms with Gasteiger partial charge in [0.1, 0.15) is 11.9 Å². The molecule has 1 atom stereocenters. The maximum absolute atomic E-state index is 13.6. The molecule has 0 saturated carbocycles. The molecule has 0 bridgehead atoms. The molecule has 8 heteroatoms. The molecule has 0 aromatic heterocycles. The van der Waals surface area contributed by atoms with E-state index in [-0.39, 0.29) is 18.4 Å². The molecule has 5 nitrogen and oxygen atoms in total. The third kappa shape index (κ3) is 5.68. The molecule has 1 unspecified atom stereocenters. The number of para-hydroxylation sites is 2. The maximum atomic E-state index is 13.6. The Kier molecular flexibility index (Phi) is 7.68. The number of amides is 2. The molecule has 1 saturated heterocycles. The highest BCUT2D eigenvalue weighted by atomic mass is 35.5. The zero-order valence-electron chi connectivity index (χ0n) is 21.2. The van der Waals surface area contributed by atoms with E-state index in [4.69, 9.17) is 11.6 Å². The van der Waals surface area contributed by atoms with Crippen molar-refractivity contribution in [3.63, 3.8) is 0 Å². The summed E-state index contributed by atoms with van der Waals surface area (Å²) in [6.07, 6.45) is 5.72. The molecule has 40 heavy (non-hydrogen) atoms. The molecule has 1 fully saturated rings. The van der Waals surface area contributed by atoms with Gasteiger partial charge in [-0.25, -0.2) is 5.01 Å². The van der Waals surface area contributed by atoms with E-state index >= 15 is 0 Å². The van der Waals surface area contributed by atoms with Gasteiger partial charge in [-0.3, -0.25) is 15.0 Å². The molecule has 6 rings (SSSR count). The third-order valence-electron chi connectivity index (χ3n) is 6.43. The van der Waals surface area contributed by atoms with Crippen molar-refractivity contribution in [2.45, 2.75) is 15.2 Å². The van der Waals surface area contributed by atoms with Gasteiger partial charge in [0.15, 0.2) is 0 Å². The predicted molar refractivity (Wildman–Crippen MR) is 165 cm³/mol. The van der Waals surface area contributed by atoms with Crippen LogP contribution in [0.5, 0.6) is 0 Å². The molecule has 0 aliphatic carbocycles. The van der Waals surface area contributed by atoms with E-state index in [1.807, 2.05) is 102 Å². The van der Waals surface area contributed by atoms with Gasteiger partial charge in [-0.1, -0.05) is 108 Å². The fourth-order valence-corrected chi connectivity index (χ4v) is 6.83. The lowest BCUT2D eigenvalue weighted by molar-refractivity contribution is -0.136. The van der Waals surface area contributed by atoms with E-state index in [1.54, 1.807) is 23.9 Å². The number of halogens is 1. The van der Waals surface area contributed by atoms with Gasteiger partial charge >= 0.3 is 0 Å². The zero-order chi connectivity index (χ0) is 27.5. The Labute approximate surface area is 246 Å². The van der Waals surface area contributed by atoms with E-state index in [0.29, 0.717) is 9.93 Å². The summed E-state index contributed by atoms with van der Waals surface area (Å²) in [6, 6.07) is 33.2. The van der Waals surface area contributed by atoms with Crippen molar-refractivity contribution in [3.8, 4) is 0 Å². The first-order chi connectivity index (χ1) is 19.5. The number of nitrogens with zero attached hydrogens (tertiary/aromatic N) is 2. The molecule has 198 valence electrons. The number of carbonyl (C=O) groups is 2. The van der Waals surface area contributed by atoms with Crippen LogP contribution in [0.4, 0.5) is 11.4 Å². The topological polar surface area (TPSA) is 52.7 Å². The number of anilines is 2. The van der Waals surface area contributed by atoms with Crippen molar-refractivity contribution in [1.29, 1.82) is 0 Å².